The summed E-state index contributed by atoms with van der Waals surface area (Å²) >= 11 is 6.13. The first-order valence-corrected chi connectivity index (χ1v) is 10.6. The number of hydrogen-bond donors (Lipinski definition) is 2. The average Bonchev–Trinajstić information content (AvgIpc) is 3.23. The van der Waals surface area contributed by atoms with Gasteiger partial charge in [0, 0.05) is 22.0 Å². The van der Waals surface area contributed by atoms with Gasteiger partial charge >= 0.3 is 0 Å². The fourth-order valence-electron chi connectivity index (χ4n) is 3.83. The van der Waals surface area contributed by atoms with Crippen molar-refractivity contribution in [2.45, 2.75) is 13.0 Å². The van der Waals surface area contributed by atoms with Crippen LogP contribution in [0.15, 0.2) is 96.2 Å². The Labute approximate surface area is 190 Å². The molecule has 2 heterocycles. The number of rotatable bonds is 4. The van der Waals surface area contributed by atoms with Crippen molar-refractivity contribution >= 4 is 29.1 Å². The van der Waals surface area contributed by atoms with Gasteiger partial charge < -0.3 is 10.6 Å². The van der Waals surface area contributed by atoms with Gasteiger partial charge in [-0.05, 0) is 36.8 Å². The molecule has 6 nitrogen and oxygen atoms in total. The summed E-state index contributed by atoms with van der Waals surface area (Å²) < 4.78 is 1.76. The lowest BCUT2D eigenvalue weighted by Crippen LogP contribution is -2.31. The SMILES string of the molecule is CC1=C(C(=O)Nc2ccccc2)[C@H](c2ccc(Cl)cc2)n2nc(-c3ccccc3)nc2N1. The van der Waals surface area contributed by atoms with Gasteiger partial charge in [0.1, 0.15) is 6.04 Å². The van der Waals surface area contributed by atoms with Crippen LogP contribution in [0.4, 0.5) is 11.6 Å². The van der Waals surface area contributed by atoms with Crippen molar-refractivity contribution in [1.82, 2.24) is 14.8 Å². The molecule has 0 aliphatic carbocycles. The molecule has 1 atom stereocenters. The number of hydrogen-bond acceptors (Lipinski definition) is 4. The third-order valence-corrected chi connectivity index (χ3v) is 5.60. The molecule has 1 aliphatic rings. The second-order valence-corrected chi connectivity index (χ2v) is 7.94. The van der Waals surface area contributed by atoms with Gasteiger partial charge in [-0.25, -0.2) is 4.68 Å². The third kappa shape index (κ3) is 3.76. The number of halogens is 1. The van der Waals surface area contributed by atoms with E-state index >= 15 is 0 Å². The highest BCUT2D eigenvalue weighted by Crippen LogP contribution is 2.37. The van der Waals surface area contributed by atoms with Gasteiger partial charge in [-0.1, -0.05) is 72.3 Å². The number of carbonyl (C=O) groups is 1. The minimum absolute atomic E-state index is 0.205. The number of carbonyl (C=O) groups excluding carboxylic acids is 1. The highest BCUT2D eigenvalue weighted by atomic mass is 35.5. The van der Waals surface area contributed by atoms with Crippen molar-refractivity contribution in [3.05, 3.63) is 107 Å². The van der Waals surface area contributed by atoms with Crippen molar-refractivity contribution in [2.75, 3.05) is 10.6 Å². The minimum atomic E-state index is -0.461. The molecule has 2 N–H and O–H groups in total. The number of fused-ring (bicyclic) bond motifs is 1. The van der Waals surface area contributed by atoms with Gasteiger partial charge in [-0.15, -0.1) is 5.10 Å². The Hall–Kier alpha value is -3.90. The van der Waals surface area contributed by atoms with Crippen LogP contribution in [0.3, 0.4) is 0 Å². The highest BCUT2D eigenvalue weighted by molar-refractivity contribution is 6.30. The van der Waals surface area contributed by atoms with E-state index in [1.165, 1.54) is 0 Å². The van der Waals surface area contributed by atoms with Crippen molar-refractivity contribution < 1.29 is 4.79 Å². The molecule has 1 amide bonds. The van der Waals surface area contributed by atoms with Crippen molar-refractivity contribution in [1.29, 1.82) is 0 Å². The molecule has 1 aliphatic heterocycles. The third-order valence-electron chi connectivity index (χ3n) is 5.35. The van der Waals surface area contributed by atoms with Crippen LogP contribution in [0, 0.1) is 0 Å². The maximum Gasteiger partial charge on any atom is 0.255 e. The smallest absolute Gasteiger partial charge is 0.255 e. The zero-order chi connectivity index (χ0) is 22.1. The largest absolute Gasteiger partial charge is 0.328 e. The Morgan fingerprint density at radius 3 is 2.31 bits per heavy atom. The van der Waals surface area contributed by atoms with Gasteiger partial charge in [0.05, 0.1) is 5.57 Å². The molecule has 4 aromatic rings. The predicted octanol–water partition coefficient (Wildman–Crippen LogP) is 5.53. The second-order valence-electron chi connectivity index (χ2n) is 7.51. The van der Waals surface area contributed by atoms with Gasteiger partial charge in [0.15, 0.2) is 5.82 Å². The zero-order valence-electron chi connectivity index (χ0n) is 17.3. The number of anilines is 2. The highest BCUT2D eigenvalue weighted by Gasteiger charge is 2.34. The Balaban J connectivity index is 1.60. The summed E-state index contributed by atoms with van der Waals surface area (Å²) in [6.07, 6.45) is 0. The Morgan fingerprint density at radius 2 is 1.62 bits per heavy atom. The fraction of sp³-hybridized carbons (Fsp3) is 0.0800. The molecule has 1 aromatic heterocycles. The van der Waals surface area contributed by atoms with E-state index in [1.807, 2.05) is 91.9 Å². The summed E-state index contributed by atoms with van der Waals surface area (Å²) in [4.78, 5) is 18.1. The molecular formula is C25H20ClN5O. The van der Waals surface area contributed by atoms with Crippen LogP contribution in [0.5, 0.6) is 0 Å². The Kier molecular flexibility index (Phi) is 5.21. The molecule has 5 rings (SSSR count). The van der Waals surface area contributed by atoms with Crippen LogP contribution in [0.1, 0.15) is 18.5 Å². The van der Waals surface area contributed by atoms with E-state index in [0.717, 1.165) is 22.5 Å². The molecule has 0 fully saturated rings. The Morgan fingerprint density at radius 1 is 0.969 bits per heavy atom. The van der Waals surface area contributed by atoms with Gasteiger partial charge in [0.25, 0.3) is 5.91 Å². The first kappa shape index (κ1) is 20.0. The lowest BCUT2D eigenvalue weighted by Gasteiger charge is -2.28. The molecule has 0 saturated carbocycles. The maximum atomic E-state index is 13.4. The second kappa shape index (κ2) is 8.32. The van der Waals surface area contributed by atoms with Crippen molar-refractivity contribution in [3.63, 3.8) is 0 Å². The van der Waals surface area contributed by atoms with Crippen LogP contribution in [0.25, 0.3) is 11.4 Å². The number of amides is 1. The fourth-order valence-corrected chi connectivity index (χ4v) is 3.95. The van der Waals surface area contributed by atoms with E-state index in [-0.39, 0.29) is 5.91 Å². The van der Waals surface area contributed by atoms with E-state index in [0.29, 0.717) is 22.4 Å². The number of nitrogens with zero attached hydrogens (tertiary/aromatic N) is 3. The number of aromatic nitrogens is 3. The molecule has 32 heavy (non-hydrogen) atoms. The average molecular weight is 442 g/mol. The van der Waals surface area contributed by atoms with Crippen LogP contribution in [-0.4, -0.2) is 20.7 Å². The van der Waals surface area contributed by atoms with Gasteiger partial charge in [-0.2, -0.15) is 4.98 Å². The molecule has 0 bridgehead atoms. The first-order chi connectivity index (χ1) is 15.6. The summed E-state index contributed by atoms with van der Waals surface area (Å²) in [5.41, 5.74) is 3.80. The lowest BCUT2D eigenvalue weighted by molar-refractivity contribution is -0.113. The molecule has 0 unspecified atom stereocenters. The van der Waals surface area contributed by atoms with Crippen LogP contribution in [-0.2, 0) is 4.79 Å². The van der Waals surface area contributed by atoms with Crippen molar-refractivity contribution in [3.8, 4) is 11.4 Å². The summed E-state index contributed by atoms with van der Waals surface area (Å²) in [5.74, 6) is 0.964. The topological polar surface area (TPSA) is 71.8 Å². The molecule has 0 radical (unpaired) electrons. The monoisotopic (exact) mass is 441 g/mol. The van der Waals surface area contributed by atoms with E-state index in [9.17, 15) is 4.79 Å². The summed E-state index contributed by atoms with van der Waals surface area (Å²) in [6.45, 7) is 1.88. The summed E-state index contributed by atoms with van der Waals surface area (Å²) in [5, 5.41) is 11.7. The standard InChI is InChI=1S/C25H20ClN5O/c1-16-21(24(32)28-20-10-6-3-7-11-20)22(17-12-14-19(26)15-13-17)31-25(27-16)29-23(30-31)18-8-4-2-5-9-18/h2-15,22H,1H3,(H,28,32)(H,27,29,30)/t22-/m0/s1. The van der Waals surface area contributed by atoms with Crippen LogP contribution < -0.4 is 10.6 Å². The number of para-hydroxylation sites is 1. The molecular weight excluding hydrogens is 422 g/mol. The Bertz CT molecular complexity index is 1300. The summed E-state index contributed by atoms with van der Waals surface area (Å²) in [6, 6.07) is 26.1. The molecule has 0 saturated heterocycles. The predicted molar refractivity (Wildman–Crippen MR) is 126 cm³/mol. The quantitative estimate of drug-likeness (QED) is 0.437. The maximum absolute atomic E-state index is 13.4. The van der Waals surface area contributed by atoms with Crippen LogP contribution >= 0.6 is 11.6 Å². The number of nitrogens with one attached hydrogen (secondary N) is 2. The van der Waals surface area contributed by atoms with Crippen molar-refractivity contribution in [2.24, 2.45) is 0 Å². The van der Waals surface area contributed by atoms with Gasteiger partial charge in [0.2, 0.25) is 5.95 Å². The number of allylic oxidation sites excluding steroid dienone is 1. The minimum Gasteiger partial charge on any atom is -0.328 e. The van der Waals surface area contributed by atoms with Crippen LogP contribution in [0.2, 0.25) is 5.02 Å². The molecule has 158 valence electrons. The van der Waals surface area contributed by atoms with Gasteiger partial charge in [-0.3, -0.25) is 4.79 Å². The normalized spacial score (nSPS) is 15.1. The molecule has 7 heteroatoms. The zero-order valence-corrected chi connectivity index (χ0v) is 18.0. The molecule has 0 spiro atoms. The number of benzene rings is 3. The van der Waals surface area contributed by atoms with E-state index in [2.05, 4.69) is 10.6 Å². The summed E-state index contributed by atoms with van der Waals surface area (Å²) in [7, 11) is 0. The van der Waals surface area contributed by atoms with E-state index in [4.69, 9.17) is 21.7 Å². The molecule has 3 aromatic carbocycles. The van der Waals surface area contributed by atoms with E-state index in [1.54, 1.807) is 4.68 Å². The lowest BCUT2D eigenvalue weighted by atomic mass is 9.95. The van der Waals surface area contributed by atoms with E-state index < -0.39 is 6.04 Å². The first-order valence-electron chi connectivity index (χ1n) is 10.2.